The van der Waals surface area contributed by atoms with Crippen LogP contribution in [-0.2, 0) is 11.8 Å². The van der Waals surface area contributed by atoms with Gasteiger partial charge in [0.05, 0.1) is 0 Å². The van der Waals surface area contributed by atoms with Gasteiger partial charge in [0.2, 0.25) is 0 Å². The van der Waals surface area contributed by atoms with Crippen LogP contribution in [0.1, 0.15) is 24.0 Å². The van der Waals surface area contributed by atoms with Gasteiger partial charge in [-0.3, -0.25) is 0 Å². The molecule has 2 heteroatoms. The third-order valence-electron chi connectivity index (χ3n) is 3.86. The Hall–Kier alpha value is -0.0100. The van der Waals surface area contributed by atoms with Crippen LogP contribution in [0.25, 0.3) is 0 Å². The van der Waals surface area contributed by atoms with Crippen molar-refractivity contribution in [2.24, 2.45) is 5.92 Å². The van der Waals surface area contributed by atoms with Gasteiger partial charge in [-0.15, -0.1) is 0 Å². The summed E-state index contributed by atoms with van der Waals surface area (Å²) in [5, 5.41) is 2.03. The highest BCUT2D eigenvalue weighted by Crippen LogP contribution is 2.62. The molecule has 0 aliphatic heterocycles. The van der Waals surface area contributed by atoms with Crippen molar-refractivity contribution in [2.45, 2.75) is 24.7 Å². The smallest absolute Gasteiger partial charge is 0.0408 e. The second-order valence-corrected chi connectivity index (χ2v) is 5.60. The summed E-state index contributed by atoms with van der Waals surface area (Å²) in [5.74, 6) is 0.866. The van der Waals surface area contributed by atoms with Gasteiger partial charge in [0, 0.05) is 10.4 Å². The predicted molar refractivity (Wildman–Crippen MR) is 63.4 cm³/mol. The van der Waals surface area contributed by atoms with Crippen LogP contribution in [0.4, 0.5) is 0 Å². The number of halogens is 2. The molecule has 1 fully saturated rings. The van der Waals surface area contributed by atoms with E-state index in [9.17, 15) is 0 Å². The van der Waals surface area contributed by atoms with Gasteiger partial charge < -0.3 is 0 Å². The molecule has 0 amide bonds. The number of fused-ring (bicyclic) bond motifs is 2. The van der Waals surface area contributed by atoms with Crippen molar-refractivity contribution in [3.05, 3.63) is 34.3 Å². The minimum absolute atomic E-state index is 0.531. The van der Waals surface area contributed by atoms with E-state index in [1.807, 2.05) is 6.07 Å². The molecule has 0 heterocycles. The van der Waals surface area contributed by atoms with Gasteiger partial charge in [0.25, 0.3) is 0 Å². The lowest BCUT2D eigenvalue weighted by Gasteiger charge is -2.10. The summed E-state index contributed by atoms with van der Waals surface area (Å²) in [7, 11) is 0. The van der Waals surface area contributed by atoms with Crippen LogP contribution in [0.15, 0.2) is 18.2 Å². The maximum absolute atomic E-state index is 6.00. The van der Waals surface area contributed by atoms with Crippen LogP contribution >= 0.6 is 27.5 Å². The number of hydrogen-bond acceptors (Lipinski definition) is 0. The second kappa shape index (κ2) is 2.99. The van der Waals surface area contributed by atoms with Crippen molar-refractivity contribution < 1.29 is 0 Å². The number of hydrogen-bond donors (Lipinski definition) is 0. The molecule has 3 rings (SSSR count). The van der Waals surface area contributed by atoms with Gasteiger partial charge in [0.15, 0.2) is 0 Å². The summed E-state index contributed by atoms with van der Waals surface area (Å²) in [6.45, 7) is 0. The Labute approximate surface area is 97.8 Å². The number of rotatable bonds is 1. The first-order chi connectivity index (χ1) is 6.76. The van der Waals surface area contributed by atoms with Crippen LogP contribution in [0.3, 0.4) is 0 Å². The molecule has 14 heavy (non-hydrogen) atoms. The normalized spacial score (nSPS) is 33.4. The molecule has 0 radical (unpaired) electrons. The van der Waals surface area contributed by atoms with Crippen LogP contribution in [0, 0.1) is 5.92 Å². The van der Waals surface area contributed by atoms with E-state index in [-0.39, 0.29) is 0 Å². The molecule has 0 nitrogen and oxygen atoms in total. The molecular weight excluding hydrogens is 259 g/mol. The molecule has 2 aliphatic rings. The Balaban J connectivity index is 2.04. The largest absolute Gasteiger partial charge is 0.0925 e. The third kappa shape index (κ3) is 1.12. The summed E-state index contributed by atoms with van der Waals surface area (Å²) in [6, 6.07) is 6.43. The minimum Gasteiger partial charge on any atom is -0.0925 e. The molecule has 1 aromatic rings. The Morgan fingerprint density at radius 1 is 1.50 bits per heavy atom. The zero-order chi connectivity index (χ0) is 9.76. The Bertz CT molecular complexity index is 388. The summed E-state index contributed by atoms with van der Waals surface area (Å²) in [4.78, 5) is 0. The van der Waals surface area contributed by atoms with Gasteiger partial charge in [-0.1, -0.05) is 33.6 Å². The minimum atomic E-state index is 0.531. The molecule has 2 unspecified atom stereocenters. The molecule has 0 N–H and O–H groups in total. The first kappa shape index (κ1) is 9.23. The van der Waals surface area contributed by atoms with E-state index in [4.69, 9.17) is 11.6 Å². The fourth-order valence-electron chi connectivity index (χ4n) is 2.97. The van der Waals surface area contributed by atoms with Crippen molar-refractivity contribution in [1.29, 1.82) is 0 Å². The highest BCUT2D eigenvalue weighted by molar-refractivity contribution is 9.09. The lowest BCUT2D eigenvalue weighted by atomic mass is 9.96. The number of alkyl halides is 1. The van der Waals surface area contributed by atoms with E-state index in [2.05, 4.69) is 28.1 Å². The molecule has 2 aliphatic carbocycles. The molecule has 1 saturated carbocycles. The summed E-state index contributed by atoms with van der Waals surface area (Å²) in [6.07, 6.45) is 3.92. The fourth-order valence-corrected chi connectivity index (χ4v) is 4.01. The second-order valence-electron chi connectivity index (χ2n) is 4.51. The van der Waals surface area contributed by atoms with Crippen molar-refractivity contribution in [2.75, 3.05) is 5.33 Å². The molecule has 74 valence electrons. The van der Waals surface area contributed by atoms with Crippen molar-refractivity contribution in [1.82, 2.24) is 0 Å². The van der Waals surface area contributed by atoms with Gasteiger partial charge in [-0.2, -0.15) is 0 Å². The maximum Gasteiger partial charge on any atom is 0.0408 e. The first-order valence-corrected chi connectivity index (χ1v) is 6.61. The summed E-state index contributed by atoms with van der Waals surface area (Å²) >= 11 is 9.60. The molecule has 1 aromatic carbocycles. The van der Waals surface area contributed by atoms with Crippen LogP contribution in [0.2, 0.25) is 5.02 Å². The molecule has 1 spiro atoms. The van der Waals surface area contributed by atoms with Crippen molar-refractivity contribution in [3.63, 3.8) is 0 Å². The van der Waals surface area contributed by atoms with E-state index in [0.29, 0.717) is 5.41 Å². The zero-order valence-electron chi connectivity index (χ0n) is 7.89. The topological polar surface area (TPSA) is 0 Å². The average Bonchev–Trinajstić information content (AvgIpc) is 2.78. The van der Waals surface area contributed by atoms with E-state index in [0.717, 1.165) is 16.3 Å². The molecule has 0 bridgehead atoms. The van der Waals surface area contributed by atoms with E-state index >= 15 is 0 Å². The lowest BCUT2D eigenvalue weighted by Crippen LogP contribution is -2.05. The monoisotopic (exact) mass is 270 g/mol. The Morgan fingerprint density at radius 3 is 3.07 bits per heavy atom. The third-order valence-corrected chi connectivity index (χ3v) is 4.88. The van der Waals surface area contributed by atoms with Gasteiger partial charge in [0.1, 0.15) is 0 Å². The summed E-state index contributed by atoms with van der Waals surface area (Å²) < 4.78 is 0. The SMILES string of the molecule is Clc1ccc2c(c1)CCC21CC1CBr. The van der Waals surface area contributed by atoms with Crippen LogP contribution in [0.5, 0.6) is 0 Å². The van der Waals surface area contributed by atoms with Crippen molar-refractivity contribution >= 4 is 27.5 Å². The van der Waals surface area contributed by atoms with Crippen LogP contribution in [-0.4, -0.2) is 5.33 Å². The average molecular weight is 272 g/mol. The molecule has 2 atom stereocenters. The molecule has 0 aromatic heterocycles. The van der Waals surface area contributed by atoms with Gasteiger partial charge in [-0.25, -0.2) is 0 Å². The van der Waals surface area contributed by atoms with E-state index in [1.54, 1.807) is 5.56 Å². The number of aryl methyl sites for hydroxylation is 1. The van der Waals surface area contributed by atoms with Crippen LogP contribution < -0.4 is 0 Å². The highest BCUT2D eigenvalue weighted by Gasteiger charge is 2.56. The number of benzene rings is 1. The predicted octanol–water partition coefficient (Wildman–Crippen LogP) is 3.94. The Kier molecular flexibility index (Phi) is 1.97. The van der Waals surface area contributed by atoms with Gasteiger partial charge in [-0.05, 0) is 53.9 Å². The molecule has 0 saturated heterocycles. The van der Waals surface area contributed by atoms with E-state index < -0.39 is 0 Å². The highest BCUT2D eigenvalue weighted by atomic mass is 79.9. The van der Waals surface area contributed by atoms with E-state index in [1.165, 1.54) is 24.8 Å². The molecular formula is C12H12BrCl. The standard InChI is InChI=1S/C12H12BrCl/c13-7-9-6-12(9)4-3-8-5-10(14)1-2-11(8)12/h1-2,5,9H,3-4,6-7H2. The summed E-state index contributed by atoms with van der Waals surface area (Å²) in [5.41, 5.74) is 3.59. The quantitative estimate of drug-likeness (QED) is 0.679. The van der Waals surface area contributed by atoms with Gasteiger partial charge >= 0.3 is 0 Å². The van der Waals surface area contributed by atoms with Crippen molar-refractivity contribution in [3.8, 4) is 0 Å². The first-order valence-electron chi connectivity index (χ1n) is 5.11. The maximum atomic E-state index is 6.00. The lowest BCUT2D eigenvalue weighted by molar-refractivity contribution is 0.628. The fraction of sp³-hybridized carbons (Fsp3) is 0.500. The Morgan fingerprint density at radius 2 is 2.36 bits per heavy atom. The zero-order valence-corrected chi connectivity index (χ0v) is 10.2.